The molecule has 0 aliphatic carbocycles. The third-order valence-corrected chi connectivity index (χ3v) is 5.57. The minimum absolute atomic E-state index is 0.00488. The van der Waals surface area contributed by atoms with E-state index in [4.69, 9.17) is 0 Å². The smallest absolute Gasteiger partial charge is 0.221 e. The van der Waals surface area contributed by atoms with Gasteiger partial charge in [0.05, 0.1) is 6.04 Å². The molecule has 146 valence electrons. The van der Waals surface area contributed by atoms with Gasteiger partial charge in [-0.25, -0.2) is 0 Å². The minimum Gasteiger partial charge on any atom is -0.350 e. The van der Waals surface area contributed by atoms with Crippen LogP contribution in [0.4, 0.5) is 0 Å². The lowest BCUT2D eigenvalue weighted by Gasteiger charge is -2.20. The van der Waals surface area contributed by atoms with Crippen LogP contribution in [0.3, 0.4) is 0 Å². The second-order valence-corrected chi connectivity index (χ2v) is 7.58. The van der Waals surface area contributed by atoms with Gasteiger partial charge in [-0.15, -0.1) is 0 Å². The summed E-state index contributed by atoms with van der Waals surface area (Å²) < 4.78 is 2.14. The zero-order valence-corrected chi connectivity index (χ0v) is 16.9. The van der Waals surface area contributed by atoms with Crippen LogP contribution in [0, 0.1) is 0 Å². The van der Waals surface area contributed by atoms with Gasteiger partial charge in [0.2, 0.25) is 5.91 Å². The molecule has 0 aliphatic heterocycles. The van der Waals surface area contributed by atoms with Crippen molar-refractivity contribution >= 4 is 16.8 Å². The normalized spacial score (nSPS) is 13.2. The highest BCUT2D eigenvalue weighted by Gasteiger charge is 2.23. The van der Waals surface area contributed by atoms with Crippen LogP contribution in [0.15, 0.2) is 91.1 Å². The van der Waals surface area contributed by atoms with Gasteiger partial charge in [-0.2, -0.15) is 0 Å². The first-order chi connectivity index (χ1) is 14.1. The van der Waals surface area contributed by atoms with Gasteiger partial charge in [0.25, 0.3) is 0 Å². The van der Waals surface area contributed by atoms with Gasteiger partial charge in [-0.1, -0.05) is 78.9 Å². The van der Waals surface area contributed by atoms with E-state index in [-0.39, 0.29) is 17.9 Å². The Bertz CT molecular complexity index is 1100. The van der Waals surface area contributed by atoms with Crippen molar-refractivity contribution in [3.05, 3.63) is 108 Å². The first kappa shape index (κ1) is 19.0. The average Bonchev–Trinajstić information content (AvgIpc) is 3.10. The standard InChI is InChI=1S/C26H26N2O/c1-19(20-11-5-3-6-12-20)27-26(29)17-23(21-13-7-4-8-14-21)24-18-28(2)25-16-10-9-15-22(24)25/h3-16,18-19,23H,17H2,1-2H3,(H,27,29). The Labute approximate surface area is 172 Å². The van der Waals surface area contributed by atoms with Gasteiger partial charge in [-0.05, 0) is 29.7 Å². The predicted molar refractivity (Wildman–Crippen MR) is 119 cm³/mol. The number of fused-ring (bicyclic) bond motifs is 1. The highest BCUT2D eigenvalue weighted by molar-refractivity contribution is 5.86. The summed E-state index contributed by atoms with van der Waals surface area (Å²) >= 11 is 0. The predicted octanol–water partition coefficient (Wildman–Crippen LogP) is 5.58. The number of hydrogen-bond acceptors (Lipinski definition) is 1. The Hall–Kier alpha value is -3.33. The fourth-order valence-corrected chi connectivity index (χ4v) is 4.05. The summed E-state index contributed by atoms with van der Waals surface area (Å²) in [6, 6.07) is 28.8. The number of carbonyl (C=O) groups excluding carboxylic acids is 1. The lowest BCUT2D eigenvalue weighted by Crippen LogP contribution is -2.28. The summed E-state index contributed by atoms with van der Waals surface area (Å²) in [6.07, 6.45) is 2.57. The SMILES string of the molecule is CC(NC(=O)CC(c1ccccc1)c1cn(C)c2ccccc12)c1ccccc1. The molecule has 1 aromatic heterocycles. The summed E-state index contributed by atoms with van der Waals surface area (Å²) in [7, 11) is 2.06. The maximum Gasteiger partial charge on any atom is 0.221 e. The van der Waals surface area contributed by atoms with Crippen LogP contribution in [0.25, 0.3) is 10.9 Å². The summed E-state index contributed by atoms with van der Waals surface area (Å²) in [5.74, 6) is 0.0633. The monoisotopic (exact) mass is 382 g/mol. The van der Waals surface area contributed by atoms with E-state index in [1.807, 2.05) is 55.5 Å². The number of amides is 1. The molecule has 0 saturated carbocycles. The molecule has 1 N–H and O–H groups in total. The summed E-state index contributed by atoms with van der Waals surface area (Å²) in [5.41, 5.74) is 4.65. The lowest BCUT2D eigenvalue weighted by atomic mass is 9.88. The Morgan fingerprint density at radius 3 is 2.14 bits per heavy atom. The van der Waals surface area contributed by atoms with Crippen molar-refractivity contribution in [1.29, 1.82) is 0 Å². The van der Waals surface area contributed by atoms with E-state index in [9.17, 15) is 4.79 Å². The average molecular weight is 383 g/mol. The van der Waals surface area contributed by atoms with Gasteiger partial charge in [0, 0.05) is 36.5 Å². The number of para-hydroxylation sites is 1. The van der Waals surface area contributed by atoms with E-state index in [1.165, 1.54) is 16.5 Å². The number of rotatable bonds is 6. The van der Waals surface area contributed by atoms with Crippen molar-refractivity contribution in [3.8, 4) is 0 Å². The van der Waals surface area contributed by atoms with Crippen LogP contribution in [-0.2, 0) is 11.8 Å². The highest BCUT2D eigenvalue weighted by Crippen LogP contribution is 2.34. The molecule has 1 amide bonds. The van der Waals surface area contributed by atoms with Crippen LogP contribution in [0.2, 0.25) is 0 Å². The fraction of sp³-hybridized carbons (Fsp3) is 0.192. The molecule has 3 aromatic carbocycles. The molecule has 1 heterocycles. The molecule has 0 spiro atoms. The molecule has 3 heteroatoms. The summed E-state index contributed by atoms with van der Waals surface area (Å²) in [4.78, 5) is 13.0. The van der Waals surface area contributed by atoms with E-state index >= 15 is 0 Å². The molecule has 3 nitrogen and oxygen atoms in total. The molecule has 4 aromatic rings. The molecule has 0 saturated heterocycles. The maximum atomic E-state index is 13.0. The lowest BCUT2D eigenvalue weighted by molar-refractivity contribution is -0.121. The second kappa shape index (κ2) is 8.36. The number of carbonyl (C=O) groups is 1. The molecule has 0 radical (unpaired) electrons. The molecular weight excluding hydrogens is 356 g/mol. The second-order valence-electron chi connectivity index (χ2n) is 7.58. The Morgan fingerprint density at radius 1 is 0.862 bits per heavy atom. The van der Waals surface area contributed by atoms with E-state index < -0.39 is 0 Å². The van der Waals surface area contributed by atoms with Gasteiger partial charge >= 0.3 is 0 Å². The number of benzene rings is 3. The molecule has 0 bridgehead atoms. The fourth-order valence-electron chi connectivity index (χ4n) is 4.05. The molecule has 4 rings (SSSR count). The highest BCUT2D eigenvalue weighted by atomic mass is 16.1. The third-order valence-electron chi connectivity index (χ3n) is 5.57. The van der Waals surface area contributed by atoms with E-state index in [2.05, 4.69) is 59.5 Å². The van der Waals surface area contributed by atoms with Crippen molar-refractivity contribution in [2.75, 3.05) is 0 Å². The quantitative estimate of drug-likeness (QED) is 0.464. The number of aryl methyl sites for hydroxylation is 1. The Kier molecular flexibility index (Phi) is 5.48. The van der Waals surface area contributed by atoms with Crippen molar-refractivity contribution in [3.63, 3.8) is 0 Å². The first-order valence-electron chi connectivity index (χ1n) is 10.1. The Balaban J connectivity index is 1.64. The summed E-state index contributed by atoms with van der Waals surface area (Å²) in [5, 5.41) is 4.38. The zero-order chi connectivity index (χ0) is 20.2. The maximum absolute atomic E-state index is 13.0. The molecular formula is C26H26N2O. The number of aromatic nitrogens is 1. The van der Waals surface area contributed by atoms with Gasteiger partial charge in [0.15, 0.2) is 0 Å². The minimum atomic E-state index is -0.0207. The van der Waals surface area contributed by atoms with Gasteiger partial charge in [0.1, 0.15) is 0 Å². The molecule has 29 heavy (non-hydrogen) atoms. The molecule has 2 unspecified atom stereocenters. The van der Waals surface area contributed by atoms with Crippen LogP contribution >= 0.6 is 0 Å². The summed E-state index contributed by atoms with van der Waals surface area (Å²) in [6.45, 7) is 2.03. The number of nitrogens with one attached hydrogen (secondary N) is 1. The van der Waals surface area contributed by atoms with Crippen molar-refractivity contribution in [2.24, 2.45) is 7.05 Å². The topological polar surface area (TPSA) is 34.0 Å². The number of nitrogens with zero attached hydrogens (tertiary/aromatic N) is 1. The van der Waals surface area contributed by atoms with Crippen LogP contribution < -0.4 is 5.32 Å². The van der Waals surface area contributed by atoms with E-state index in [0.717, 1.165) is 11.1 Å². The number of hydrogen-bond donors (Lipinski definition) is 1. The largest absolute Gasteiger partial charge is 0.350 e. The molecule has 0 aliphatic rings. The molecule has 0 fully saturated rings. The third kappa shape index (κ3) is 4.09. The van der Waals surface area contributed by atoms with E-state index in [0.29, 0.717) is 6.42 Å². The van der Waals surface area contributed by atoms with Crippen molar-refractivity contribution < 1.29 is 4.79 Å². The Morgan fingerprint density at radius 2 is 1.45 bits per heavy atom. The van der Waals surface area contributed by atoms with Crippen molar-refractivity contribution in [1.82, 2.24) is 9.88 Å². The van der Waals surface area contributed by atoms with E-state index in [1.54, 1.807) is 0 Å². The van der Waals surface area contributed by atoms with Gasteiger partial charge in [-0.3, -0.25) is 4.79 Å². The first-order valence-corrected chi connectivity index (χ1v) is 10.1. The van der Waals surface area contributed by atoms with Crippen LogP contribution in [-0.4, -0.2) is 10.5 Å². The zero-order valence-electron chi connectivity index (χ0n) is 16.9. The molecule has 2 atom stereocenters. The van der Waals surface area contributed by atoms with Crippen LogP contribution in [0.5, 0.6) is 0 Å². The van der Waals surface area contributed by atoms with Crippen molar-refractivity contribution in [2.45, 2.75) is 25.3 Å². The van der Waals surface area contributed by atoms with Gasteiger partial charge < -0.3 is 9.88 Å². The van der Waals surface area contributed by atoms with Crippen LogP contribution in [0.1, 0.15) is 42.0 Å².